The van der Waals surface area contributed by atoms with Gasteiger partial charge in [-0.2, -0.15) is 0 Å². The molecule has 1 heterocycles. The molecule has 0 saturated carbocycles. The van der Waals surface area contributed by atoms with Gasteiger partial charge in [-0.15, -0.1) is 0 Å². The summed E-state index contributed by atoms with van der Waals surface area (Å²) in [7, 11) is 0. The number of hydrogen-bond donors (Lipinski definition) is 1. The average Bonchev–Trinajstić information content (AvgIpc) is 2.57. The van der Waals surface area contributed by atoms with E-state index in [1.165, 1.54) is 25.7 Å². The van der Waals surface area contributed by atoms with Crippen molar-refractivity contribution in [2.75, 3.05) is 13.1 Å². The highest BCUT2D eigenvalue weighted by Gasteiger charge is 2.33. The van der Waals surface area contributed by atoms with E-state index in [1.807, 2.05) is 0 Å². The molecule has 1 fully saturated rings. The smallest absolute Gasteiger partial charge is 0.0631 e. The predicted octanol–water partition coefficient (Wildman–Crippen LogP) is 3.61. The average molecular weight is 241 g/mol. The Kier molecular flexibility index (Phi) is 5.94. The summed E-state index contributed by atoms with van der Waals surface area (Å²) in [6.45, 7) is 13.6. The fourth-order valence-electron chi connectivity index (χ4n) is 2.64. The van der Waals surface area contributed by atoms with Crippen molar-refractivity contribution >= 4 is 0 Å². The van der Waals surface area contributed by atoms with Crippen LogP contribution in [0.1, 0.15) is 60.3 Å². The first-order valence-corrected chi connectivity index (χ1v) is 7.33. The topological polar surface area (TPSA) is 21.3 Å². The molecule has 17 heavy (non-hydrogen) atoms. The zero-order valence-electron chi connectivity index (χ0n) is 12.4. The molecule has 0 bridgehead atoms. The van der Waals surface area contributed by atoms with Gasteiger partial charge in [0.2, 0.25) is 0 Å². The van der Waals surface area contributed by atoms with Crippen LogP contribution in [0.2, 0.25) is 0 Å². The molecule has 0 amide bonds. The molecule has 2 atom stereocenters. The van der Waals surface area contributed by atoms with Crippen LogP contribution < -0.4 is 5.32 Å². The van der Waals surface area contributed by atoms with E-state index in [-0.39, 0.29) is 5.60 Å². The third-order valence-corrected chi connectivity index (χ3v) is 3.90. The summed E-state index contributed by atoms with van der Waals surface area (Å²) in [5, 5.41) is 3.56. The molecule has 1 aliphatic heterocycles. The van der Waals surface area contributed by atoms with Gasteiger partial charge in [-0.05, 0) is 64.5 Å². The van der Waals surface area contributed by atoms with Crippen LogP contribution in [-0.4, -0.2) is 24.8 Å². The van der Waals surface area contributed by atoms with Crippen molar-refractivity contribution in [3.05, 3.63) is 0 Å². The van der Waals surface area contributed by atoms with E-state index in [0.29, 0.717) is 6.10 Å². The Morgan fingerprint density at radius 2 is 2.06 bits per heavy atom. The van der Waals surface area contributed by atoms with E-state index >= 15 is 0 Å². The molecular formula is C15H31NO. The molecule has 1 rings (SSSR count). The summed E-state index contributed by atoms with van der Waals surface area (Å²) in [5.41, 5.74) is 0.114. The van der Waals surface area contributed by atoms with E-state index in [9.17, 15) is 0 Å². The fraction of sp³-hybridized carbons (Fsp3) is 1.00. The maximum atomic E-state index is 6.11. The van der Waals surface area contributed by atoms with E-state index in [4.69, 9.17) is 4.74 Å². The Morgan fingerprint density at radius 1 is 1.35 bits per heavy atom. The molecule has 1 aliphatic rings. The highest BCUT2D eigenvalue weighted by Crippen LogP contribution is 2.33. The minimum atomic E-state index is 0.114. The first-order chi connectivity index (χ1) is 7.94. The molecule has 0 aromatic heterocycles. The standard InChI is InChI=1S/C15H31NO/c1-6-9-16-11-13(12(2)3)10-14-7-8-15(4,5)17-14/h12-14,16H,6-11H2,1-5H3. The molecular weight excluding hydrogens is 210 g/mol. The second-order valence-electron chi connectivity index (χ2n) is 6.48. The van der Waals surface area contributed by atoms with Crippen molar-refractivity contribution in [1.82, 2.24) is 5.32 Å². The molecule has 2 unspecified atom stereocenters. The minimum Gasteiger partial charge on any atom is -0.372 e. The van der Waals surface area contributed by atoms with Crippen molar-refractivity contribution in [2.45, 2.75) is 72.0 Å². The summed E-state index contributed by atoms with van der Waals surface area (Å²) in [5.74, 6) is 1.49. The molecule has 1 saturated heterocycles. The van der Waals surface area contributed by atoms with Crippen molar-refractivity contribution in [3.8, 4) is 0 Å². The molecule has 0 aliphatic carbocycles. The normalized spacial score (nSPS) is 25.4. The number of nitrogens with one attached hydrogen (secondary N) is 1. The number of hydrogen-bond acceptors (Lipinski definition) is 2. The zero-order valence-corrected chi connectivity index (χ0v) is 12.4. The number of rotatable bonds is 7. The maximum absolute atomic E-state index is 6.11. The van der Waals surface area contributed by atoms with Crippen LogP contribution in [0, 0.1) is 11.8 Å². The first kappa shape index (κ1) is 15.0. The van der Waals surface area contributed by atoms with Crippen molar-refractivity contribution in [3.63, 3.8) is 0 Å². The summed E-state index contributed by atoms with van der Waals surface area (Å²) < 4.78 is 6.11. The molecule has 0 aromatic carbocycles. The highest BCUT2D eigenvalue weighted by atomic mass is 16.5. The SMILES string of the molecule is CCCNCC(CC1CCC(C)(C)O1)C(C)C. The van der Waals surface area contributed by atoms with Crippen LogP contribution in [0.5, 0.6) is 0 Å². The fourth-order valence-corrected chi connectivity index (χ4v) is 2.64. The van der Waals surface area contributed by atoms with Crippen LogP contribution in [0.3, 0.4) is 0 Å². The quantitative estimate of drug-likeness (QED) is 0.688. The second-order valence-corrected chi connectivity index (χ2v) is 6.48. The van der Waals surface area contributed by atoms with Crippen LogP contribution in [0.4, 0.5) is 0 Å². The van der Waals surface area contributed by atoms with Gasteiger partial charge in [-0.3, -0.25) is 0 Å². The third-order valence-electron chi connectivity index (χ3n) is 3.90. The van der Waals surface area contributed by atoms with Crippen LogP contribution in [0.25, 0.3) is 0 Å². The molecule has 0 spiro atoms. The lowest BCUT2D eigenvalue weighted by molar-refractivity contribution is -0.0270. The highest BCUT2D eigenvalue weighted by molar-refractivity contribution is 4.83. The van der Waals surface area contributed by atoms with Gasteiger partial charge in [-0.25, -0.2) is 0 Å². The maximum Gasteiger partial charge on any atom is 0.0631 e. The molecule has 0 radical (unpaired) electrons. The Hall–Kier alpha value is -0.0800. The lowest BCUT2D eigenvalue weighted by Crippen LogP contribution is -2.30. The number of ether oxygens (including phenoxy) is 1. The molecule has 102 valence electrons. The summed E-state index contributed by atoms with van der Waals surface area (Å²) in [6.07, 6.45) is 5.38. The van der Waals surface area contributed by atoms with Gasteiger partial charge in [-0.1, -0.05) is 20.8 Å². The minimum absolute atomic E-state index is 0.114. The van der Waals surface area contributed by atoms with Gasteiger partial charge < -0.3 is 10.1 Å². The van der Waals surface area contributed by atoms with E-state index in [2.05, 4.69) is 39.9 Å². The van der Waals surface area contributed by atoms with Gasteiger partial charge in [0.1, 0.15) is 0 Å². The van der Waals surface area contributed by atoms with Gasteiger partial charge in [0.15, 0.2) is 0 Å². The lowest BCUT2D eigenvalue weighted by Gasteiger charge is -2.26. The summed E-state index contributed by atoms with van der Waals surface area (Å²) >= 11 is 0. The molecule has 0 aromatic rings. The largest absolute Gasteiger partial charge is 0.372 e. The van der Waals surface area contributed by atoms with Crippen molar-refractivity contribution < 1.29 is 4.74 Å². The van der Waals surface area contributed by atoms with Gasteiger partial charge in [0.05, 0.1) is 11.7 Å². The van der Waals surface area contributed by atoms with Gasteiger partial charge in [0, 0.05) is 0 Å². The Balaban J connectivity index is 2.34. The third kappa shape index (κ3) is 5.39. The van der Waals surface area contributed by atoms with Gasteiger partial charge >= 0.3 is 0 Å². The zero-order chi connectivity index (χ0) is 12.9. The molecule has 1 N–H and O–H groups in total. The van der Waals surface area contributed by atoms with Crippen LogP contribution >= 0.6 is 0 Å². The van der Waals surface area contributed by atoms with Crippen LogP contribution in [0.15, 0.2) is 0 Å². The summed E-state index contributed by atoms with van der Waals surface area (Å²) in [4.78, 5) is 0. The van der Waals surface area contributed by atoms with Crippen molar-refractivity contribution in [1.29, 1.82) is 0 Å². The van der Waals surface area contributed by atoms with E-state index in [1.54, 1.807) is 0 Å². The molecule has 2 nitrogen and oxygen atoms in total. The second kappa shape index (κ2) is 6.75. The monoisotopic (exact) mass is 241 g/mol. The predicted molar refractivity (Wildman–Crippen MR) is 74.3 cm³/mol. The van der Waals surface area contributed by atoms with Gasteiger partial charge in [0.25, 0.3) is 0 Å². The first-order valence-electron chi connectivity index (χ1n) is 7.33. The summed E-state index contributed by atoms with van der Waals surface area (Å²) in [6, 6.07) is 0. The molecule has 2 heteroatoms. The van der Waals surface area contributed by atoms with E-state index in [0.717, 1.165) is 24.9 Å². The van der Waals surface area contributed by atoms with Crippen LogP contribution in [-0.2, 0) is 4.74 Å². The lowest BCUT2D eigenvalue weighted by atomic mass is 9.89. The van der Waals surface area contributed by atoms with Crippen molar-refractivity contribution in [2.24, 2.45) is 11.8 Å². The Morgan fingerprint density at radius 3 is 2.53 bits per heavy atom. The Bertz CT molecular complexity index is 213. The van der Waals surface area contributed by atoms with E-state index < -0.39 is 0 Å². The Labute approximate surface area is 108 Å².